The fourth-order valence-electron chi connectivity index (χ4n) is 7.59. The van der Waals surface area contributed by atoms with Gasteiger partial charge in [-0.2, -0.15) is 0 Å². The average Bonchev–Trinajstić information content (AvgIpc) is 3.68. The van der Waals surface area contributed by atoms with Gasteiger partial charge in [0.2, 0.25) is 0 Å². The van der Waals surface area contributed by atoms with Gasteiger partial charge in [-0.25, -0.2) is 0 Å². The van der Waals surface area contributed by atoms with Crippen LogP contribution in [0.3, 0.4) is 0 Å². The highest BCUT2D eigenvalue weighted by Gasteiger charge is 2.30. The van der Waals surface area contributed by atoms with Gasteiger partial charge < -0.3 is 9.88 Å². The molecule has 1 aliphatic heterocycles. The zero-order valence-corrected chi connectivity index (χ0v) is 26.9. The van der Waals surface area contributed by atoms with E-state index in [4.69, 9.17) is 0 Å². The second kappa shape index (κ2) is 11.0. The van der Waals surface area contributed by atoms with Crippen molar-refractivity contribution in [3.05, 3.63) is 175 Å². The van der Waals surface area contributed by atoms with Crippen molar-refractivity contribution in [2.24, 2.45) is 0 Å². The smallest absolute Gasteiger partial charge is 0.160 e. The van der Waals surface area contributed by atoms with Gasteiger partial charge in [0.25, 0.3) is 0 Å². The van der Waals surface area contributed by atoms with Gasteiger partial charge >= 0.3 is 0 Å². The third kappa shape index (κ3) is 4.38. The van der Waals surface area contributed by atoms with Gasteiger partial charge in [0.05, 0.1) is 17.1 Å². The number of aromatic nitrogens is 1. The van der Waals surface area contributed by atoms with E-state index in [9.17, 15) is 0 Å². The van der Waals surface area contributed by atoms with Crippen LogP contribution in [0.1, 0.15) is 23.5 Å². The third-order valence-electron chi connectivity index (χ3n) is 9.91. The Bertz CT molecular complexity index is 2620. The largest absolute Gasteiger partial charge is 0.352 e. The van der Waals surface area contributed by atoms with Crippen LogP contribution in [-0.2, 0) is 0 Å². The summed E-state index contributed by atoms with van der Waals surface area (Å²) in [6.45, 7) is 0. The lowest BCUT2D eigenvalue weighted by Crippen LogP contribution is -2.40. The molecular formula is C44H31N3S. The van der Waals surface area contributed by atoms with Crippen molar-refractivity contribution < 1.29 is 0 Å². The van der Waals surface area contributed by atoms with E-state index < -0.39 is 0 Å². The van der Waals surface area contributed by atoms with Gasteiger partial charge in [-0.1, -0.05) is 127 Å². The first-order valence-electron chi connectivity index (χ1n) is 16.5. The Morgan fingerprint density at radius 2 is 1.10 bits per heavy atom. The summed E-state index contributed by atoms with van der Waals surface area (Å²) < 4.78 is 5.12. The van der Waals surface area contributed by atoms with Crippen molar-refractivity contribution in [1.29, 1.82) is 0 Å². The van der Waals surface area contributed by atoms with Crippen LogP contribution >= 0.6 is 11.3 Å². The van der Waals surface area contributed by atoms with Crippen molar-refractivity contribution in [1.82, 2.24) is 9.88 Å². The number of benzene rings is 7. The molecule has 9 aromatic rings. The van der Waals surface area contributed by atoms with Crippen molar-refractivity contribution >= 4 is 59.0 Å². The molecule has 0 amide bonds. The monoisotopic (exact) mass is 633 g/mol. The standard InChI is InChI=1S/C44H31N3S/c1-3-11-28(12-4-1)30-19-21-31(22-20-30)43-34-16-7-9-17-38(34)45-44(46-43)47-39-24-23-32(29-13-5-2-6-14-29)25-35(39)36-27-42-37(26-40(36)47)33-15-8-10-18-41(33)48-42/h1-27,43-46H. The molecule has 0 spiro atoms. The molecule has 2 atom stereocenters. The van der Waals surface area contributed by atoms with E-state index in [1.807, 2.05) is 11.3 Å². The summed E-state index contributed by atoms with van der Waals surface area (Å²) in [6.07, 6.45) is -0.177. The summed E-state index contributed by atoms with van der Waals surface area (Å²) in [5.41, 5.74) is 11.0. The maximum Gasteiger partial charge on any atom is 0.160 e. The lowest BCUT2D eigenvalue weighted by Gasteiger charge is -2.36. The van der Waals surface area contributed by atoms with Crippen LogP contribution in [0.15, 0.2) is 164 Å². The minimum absolute atomic E-state index is 0.0130. The number of fused-ring (bicyclic) bond motifs is 7. The minimum Gasteiger partial charge on any atom is -0.352 e. The van der Waals surface area contributed by atoms with Gasteiger partial charge in [0, 0.05) is 36.6 Å². The minimum atomic E-state index is -0.177. The van der Waals surface area contributed by atoms with E-state index in [2.05, 4.69) is 179 Å². The molecule has 0 fully saturated rings. The fourth-order valence-corrected chi connectivity index (χ4v) is 8.71. The molecule has 7 aromatic carbocycles. The number of nitrogens with zero attached hydrogens (tertiary/aromatic N) is 1. The zero-order chi connectivity index (χ0) is 31.6. The molecule has 2 unspecified atom stereocenters. The molecule has 2 aromatic heterocycles. The summed E-state index contributed by atoms with van der Waals surface area (Å²) in [6, 6.07) is 59.6. The first-order valence-corrected chi connectivity index (χ1v) is 17.3. The number of anilines is 1. The van der Waals surface area contributed by atoms with Crippen LogP contribution in [0, 0.1) is 0 Å². The van der Waals surface area contributed by atoms with Crippen LogP contribution < -0.4 is 10.6 Å². The average molecular weight is 634 g/mol. The van der Waals surface area contributed by atoms with Crippen molar-refractivity contribution in [2.75, 3.05) is 5.32 Å². The fraction of sp³-hybridized carbons (Fsp3) is 0.0455. The molecule has 228 valence electrons. The summed E-state index contributed by atoms with van der Waals surface area (Å²) in [5, 5.41) is 13.1. The summed E-state index contributed by atoms with van der Waals surface area (Å²) >= 11 is 1.88. The second-order valence-electron chi connectivity index (χ2n) is 12.7. The van der Waals surface area contributed by atoms with Crippen molar-refractivity contribution in [2.45, 2.75) is 12.3 Å². The highest BCUT2D eigenvalue weighted by Crippen LogP contribution is 2.43. The molecule has 48 heavy (non-hydrogen) atoms. The van der Waals surface area contributed by atoms with E-state index in [0.717, 1.165) is 5.69 Å². The van der Waals surface area contributed by atoms with Crippen LogP contribution in [0.25, 0.3) is 64.2 Å². The SMILES string of the molecule is c1ccc(-c2ccc(C3NC(n4c5ccc(-c6ccccc6)cc5c5cc6sc7ccccc7c6cc54)Nc4ccccc43)cc2)cc1. The molecule has 3 nitrogen and oxygen atoms in total. The van der Waals surface area contributed by atoms with Crippen LogP contribution in [0.4, 0.5) is 5.69 Å². The number of nitrogens with one attached hydrogen (secondary N) is 2. The van der Waals surface area contributed by atoms with Gasteiger partial charge in [-0.3, -0.25) is 5.32 Å². The number of thiophene rings is 1. The first-order chi connectivity index (χ1) is 23.8. The molecule has 0 saturated heterocycles. The summed E-state index contributed by atoms with van der Waals surface area (Å²) in [7, 11) is 0. The summed E-state index contributed by atoms with van der Waals surface area (Å²) in [5.74, 6) is 0. The molecule has 0 aliphatic carbocycles. The first kappa shape index (κ1) is 27.4. The third-order valence-corrected chi connectivity index (χ3v) is 11.0. The number of para-hydroxylation sites is 1. The Labute approximate surface area is 282 Å². The molecular weight excluding hydrogens is 603 g/mol. The molecule has 0 radical (unpaired) electrons. The van der Waals surface area contributed by atoms with E-state index in [1.54, 1.807) is 0 Å². The lowest BCUT2D eigenvalue weighted by molar-refractivity contribution is 0.417. The quantitative estimate of drug-likeness (QED) is 0.202. The van der Waals surface area contributed by atoms with Gasteiger partial charge in [-0.15, -0.1) is 11.3 Å². The number of hydrogen-bond acceptors (Lipinski definition) is 3. The molecule has 0 saturated carbocycles. The van der Waals surface area contributed by atoms with Crippen molar-refractivity contribution in [3.63, 3.8) is 0 Å². The van der Waals surface area contributed by atoms with Gasteiger partial charge in [-0.05, 0) is 69.8 Å². The molecule has 3 heterocycles. The molecule has 1 aliphatic rings. The molecule has 2 N–H and O–H groups in total. The molecule has 10 rings (SSSR count). The molecule has 4 heteroatoms. The maximum atomic E-state index is 4.05. The van der Waals surface area contributed by atoms with E-state index >= 15 is 0 Å². The Morgan fingerprint density at radius 1 is 0.458 bits per heavy atom. The lowest BCUT2D eigenvalue weighted by atomic mass is 9.93. The number of hydrogen-bond donors (Lipinski definition) is 2. The highest BCUT2D eigenvalue weighted by atomic mass is 32.1. The van der Waals surface area contributed by atoms with Crippen molar-refractivity contribution in [3.8, 4) is 22.3 Å². The highest BCUT2D eigenvalue weighted by molar-refractivity contribution is 7.25. The van der Waals surface area contributed by atoms with Crippen LogP contribution in [-0.4, -0.2) is 4.57 Å². The van der Waals surface area contributed by atoms with E-state index in [0.29, 0.717) is 0 Å². The number of rotatable bonds is 4. The van der Waals surface area contributed by atoms with Gasteiger partial charge in [0.1, 0.15) is 0 Å². The normalized spacial score (nSPS) is 16.0. The Hall–Kier alpha value is -5.68. The second-order valence-corrected chi connectivity index (χ2v) is 13.7. The molecule has 0 bridgehead atoms. The Morgan fingerprint density at radius 3 is 1.92 bits per heavy atom. The summed E-state index contributed by atoms with van der Waals surface area (Å²) in [4.78, 5) is 0. The Balaban J connectivity index is 1.17. The zero-order valence-electron chi connectivity index (χ0n) is 26.1. The van der Waals surface area contributed by atoms with Crippen LogP contribution in [0.2, 0.25) is 0 Å². The Kier molecular flexibility index (Phi) is 6.26. The topological polar surface area (TPSA) is 29.0 Å². The van der Waals surface area contributed by atoms with E-state index in [-0.39, 0.29) is 12.3 Å². The van der Waals surface area contributed by atoms with Gasteiger partial charge in [0.15, 0.2) is 6.29 Å². The maximum absolute atomic E-state index is 4.05. The van der Waals surface area contributed by atoms with Crippen LogP contribution in [0.5, 0.6) is 0 Å². The van der Waals surface area contributed by atoms with E-state index in [1.165, 1.54) is 75.4 Å². The predicted octanol–water partition coefficient (Wildman–Crippen LogP) is 11.8. The predicted molar refractivity (Wildman–Crippen MR) is 204 cm³/mol.